The molecule has 0 radical (unpaired) electrons. The first kappa shape index (κ1) is 15.7. The van der Waals surface area contributed by atoms with Gasteiger partial charge < -0.3 is 11.1 Å². The molecule has 0 bridgehead atoms. The van der Waals surface area contributed by atoms with E-state index in [1.807, 2.05) is 0 Å². The van der Waals surface area contributed by atoms with Crippen LogP contribution in [0.5, 0.6) is 0 Å². The number of nitrogens with one attached hydrogen (secondary N) is 1. The highest BCUT2D eigenvalue weighted by Gasteiger charge is 2.46. The second kappa shape index (κ2) is 7.38. The second-order valence-corrected chi connectivity index (χ2v) is 7.37. The summed E-state index contributed by atoms with van der Waals surface area (Å²) in [7, 11) is 0. The minimum atomic E-state index is -0.488. The molecule has 1 aromatic rings. The van der Waals surface area contributed by atoms with Crippen molar-refractivity contribution in [2.45, 2.75) is 48.9 Å². The lowest BCUT2D eigenvalue weighted by molar-refractivity contribution is -0.126. The van der Waals surface area contributed by atoms with Crippen LogP contribution in [0.3, 0.4) is 0 Å². The highest BCUT2D eigenvalue weighted by Crippen LogP contribution is 2.39. The molecule has 0 spiro atoms. The van der Waals surface area contributed by atoms with Gasteiger partial charge in [-0.2, -0.15) is 0 Å². The Morgan fingerprint density at radius 2 is 2.55 bits per heavy atom. The molecule has 1 fully saturated rings. The van der Waals surface area contributed by atoms with Gasteiger partial charge in [-0.05, 0) is 38.1 Å². The van der Waals surface area contributed by atoms with Crippen LogP contribution < -0.4 is 11.1 Å². The molecule has 2 unspecified atom stereocenters. The molecule has 7 heteroatoms. The first-order valence-corrected chi connectivity index (χ1v) is 8.99. The Morgan fingerprint density at radius 3 is 3.20 bits per heavy atom. The maximum Gasteiger partial charge on any atom is 0.238 e. The number of hydrogen-bond donors (Lipinski definition) is 2. The van der Waals surface area contributed by atoms with Crippen molar-refractivity contribution >= 4 is 29.0 Å². The van der Waals surface area contributed by atoms with E-state index >= 15 is 0 Å². The third-order valence-electron chi connectivity index (χ3n) is 3.98. The molecule has 0 aromatic carbocycles. The molecular formula is C13H22N4OS2. The minimum Gasteiger partial charge on any atom is -0.368 e. The van der Waals surface area contributed by atoms with Gasteiger partial charge in [0.15, 0.2) is 4.34 Å². The molecule has 1 saturated carbocycles. The van der Waals surface area contributed by atoms with E-state index < -0.39 is 5.54 Å². The summed E-state index contributed by atoms with van der Waals surface area (Å²) in [6, 6.07) is 0. The van der Waals surface area contributed by atoms with Crippen molar-refractivity contribution in [3.8, 4) is 0 Å². The van der Waals surface area contributed by atoms with Gasteiger partial charge >= 0.3 is 0 Å². The molecule has 0 saturated heterocycles. The van der Waals surface area contributed by atoms with Gasteiger partial charge in [0.25, 0.3) is 0 Å². The van der Waals surface area contributed by atoms with E-state index in [0.29, 0.717) is 5.92 Å². The Labute approximate surface area is 128 Å². The predicted octanol–water partition coefficient (Wildman–Crippen LogP) is 2.04. The lowest BCUT2D eigenvalue weighted by atomic mass is 9.84. The number of hydrogen-bond acceptors (Lipinski definition) is 6. The number of rotatable bonds is 8. The number of aromatic nitrogens is 2. The van der Waals surface area contributed by atoms with Gasteiger partial charge in [0.1, 0.15) is 11.0 Å². The summed E-state index contributed by atoms with van der Waals surface area (Å²) in [6.45, 7) is 2.96. The van der Waals surface area contributed by atoms with Crippen molar-refractivity contribution in [3.63, 3.8) is 0 Å². The van der Waals surface area contributed by atoms with Crippen LogP contribution in [0, 0.1) is 5.92 Å². The number of carbonyl (C=O) groups is 1. The third-order valence-corrected chi connectivity index (χ3v) is 5.88. The van der Waals surface area contributed by atoms with E-state index in [-0.39, 0.29) is 5.91 Å². The largest absolute Gasteiger partial charge is 0.368 e. The molecule has 2 rings (SSSR count). The predicted molar refractivity (Wildman–Crippen MR) is 82.8 cm³/mol. The molecule has 5 nitrogen and oxygen atoms in total. The quantitative estimate of drug-likeness (QED) is 0.718. The minimum absolute atomic E-state index is 0.186. The molecule has 2 atom stereocenters. The van der Waals surface area contributed by atoms with E-state index in [1.54, 1.807) is 28.6 Å². The molecule has 3 N–H and O–H groups in total. The molecule has 1 aliphatic carbocycles. The van der Waals surface area contributed by atoms with Crippen LogP contribution >= 0.6 is 23.1 Å². The van der Waals surface area contributed by atoms with Gasteiger partial charge in [0, 0.05) is 5.75 Å². The van der Waals surface area contributed by atoms with Gasteiger partial charge in [-0.1, -0.05) is 36.4 Å². The summed E-state index contributed by atoms with van der Waals surface area (Å²) >= 11 is 3.27. The standard InChI is InChI=1S/C13H22N4OS2/c1-2-7-15-13(11(14)18)6-3-4-10(13)5-8-19-12-17-16-9-20-12/h9-10,15H,2-8H2,1H3,(H2,14,18). The molecule has 0 aliphatic heterocycles. The Bertz CT molecular complexity index is 426. The highest BCUT2D eigenvalue weighted by atomic mass is 32.2. The van der Waals surface area contributed by atoms with Gasteiger partial charge in [-0.15, -0.1) is 10.2 Å². The Hall–Kier alpha value is -0.660. The topological polar surface area (TPSA) is 80.9 Å². The molecule has 1 heterocycles. The Kier molecular flexibility index (Phi) is 5.80. The third kappa shape index (κ3) is 3.51. The smallest absolute Gasteiger partial charge is 0.238 e. The molecule has 112 valence electrons. The fourth-order valence-electron chi connectivity index (χ4n) is 2.98. The fourth-order valence-corrected chi connectivity index (χ4v) is 4.59. The first-order chi connectivity index (χ1) is 9.69. The zero-order valence-corrected chi connectivity index (χ0v) is 13.4. The lowest BCUT2D eigenvalue weighted by Crippen LogP contribution is -2.58. The molecule has 1 aliphatic rings. The number of primary amides is 1. The molecule has 1 aromatic heterocycles. The van der Waals surface area contributed by atoms with Crippen molar-refractivity contribution in [1.29, 1.82) is 0 Å². The highest BCUT2D eigenvalue weighted by molar-refractivity contribution is 8.00. The Morgan fingerprint density at radius 1 is 1.70 bits per heavy atom. The second-order valence-electron chi connectivity index (χ2n) is 5.19. The van der Waals surface area contributed by atoms with Crippen LogP contribution in [0.2, 0.25) is 0 Å². The number of carbonyl (C=O) groups excluding carboxylic acids is 1. The summed E-state index contributed by atoms with van der Waals surface area (Å²) < 4.78 is 0.995. The van der Waals surface area contributed by atoms with E-state index in [1.165, 1.54) is 0 Å². The van der Waals surface area contributed by atoms with Crippen LogP contribution in [0.4, 0.5) is 0 Å². The number of amides is 1. The monoisotopic (exact) mass is 314 g/mol. The van der Waals surface area contributed by atoms with Crippen LogP contribution in [0.1, 0.15) is 39.0 Å². The fraction of sp³-hybridized carbons (Fsp3) is 0.769. The lowest BCUT2D eigenvalue weighted by Gasteiger charge is -2.33. The summed E-state index contributed by atoms with van der Waals surface area (Å²) in [5, 5.41) is 11.3. The van der Waals surface area contributed by atoms with Crippen LogP contribution in [-0.2, 0) is 4.79 Å². The Balaban J connectivity index is 1.92. The van der Waals surface area contributed by atoms with E-state index in [9.17, 15) is 4.79 Å². The SMILES string of the molecule is CCCNC1(C(N)=O)CCCC1CCSc1nncs1. The first-order valence-electron chi connectivity index (χ1n) is 7.13. The van der Waals surface area contributed by atoms with Gasteiger partial charge in [0.05, 0.1) is 0 Å². The maximum atomic E-state index is 12.0. The zero-order chi connectivity index (χ0) is 14.4. The number of nitrogens with two attached hydrogens (primary N) is 1. The molecule has 20 heavy (non-hydrogen) atoms. The summed E-state index contributed by atoms with van der Waals surface area (Å²) in [5.74, 6) is 1.12. The number of nitrogens with zero attached hydrogens (tertiary/aromatic N) is 2. The van der Waals surface area contributed by atoms with Crippen molar-refractivity contribution in [3.05, 3.63) is 5.51 Å². The summed E-state index contributed by atoms with van der Waals surface area (Å²) in [5.41, 5.74) is 6.96. The summed E-state index contributed by atoms with van der Waals surface area (Å²) in [6.07, 6.45) is 5.03. The van der Waals surface area contributed by atoms with Crippen molar-refractivity contribution in [2.75, 3.05) is 12.3 Å². The van der Waals surface area contributed by atoms with Crippen LogP contribution in [0.15, 0.2) is 9.85 Å². The molecule has 1 amide bonds. The normalized spacial score (nSPS) is 25.9. The van der Waals surface area contributed by atoms with Gasteiger partial charge in [-0.3, -0.25) is 4.79 Å². The van der Waals surface area contributed by atoms with Gasteiger partial charge in [0.2, 0.25) is 5.91 Å². The molecular weight excluding hydrogens is 292 g/mol. The number of thioether (sulfide) groups is 1. The van der Waals surface area contributed by atoms with Crippen LogP contribution in [0.25, 0.3) is 0 Å². The van der Waals surface area contributed by atoms with Crippen molar-refractivity contribution in [1.82, 2.24) is 15.5 Å². The van der Waals surface area contributed by atoms with E-state index in [0.717, 1.165) is 48.7 Å². The maximum absolute atomic E-state index is 12.0. The average molecular weight is 314 g/mol. The van der Waals surface area contributed by atoms with E-state index in [2.05, 4.69) is 22.4 Å². The average Bonchev–Trinajstić information content (AvgIpc) is 3.06. The van der Waals surface area contributed by atoms with Crippen LogP contribution in [-0.4, -0.2) is 33.9 Å². The summed E-state index contributed by atoms with van der Waals surface area (Å²) in [4.78, 5) is 12.0. The van der Waals surface area contributed by atoms with E-state index in [4.69, 9.17) is 5.73 Å². The van der Waals surface area contributed by atoms with Crippen molar-refractivity contribution < 1.29 is 4.79 Å². The zero-order valence-electron chi connectivity index (χ0n) is 11.8. The van der Waals surface area contributed by atoms with Gasteiger partial charge in [-0.25, -0.2) is 0 Å². The van der Waals surface area contributed by atoms with Crippen molar-refractivity contribution in [2.24, 2.45) is 11.7 Å².